The maximum atomic E-state index is 11.7. The van der Waals surface area contributed by atoms with Crippen molar-refractivity contribution >= 4 is 24.2 Å². The van der Waals surface area contributed by atoms with Gasteiger partial charge in [0.05, 0.1) is 5.56 Å². The van der Waals surface area contributed by atoms with Crippen LogP contribution in [0.3, 0.4) is 0 Å². The van der Waals surface area contributed by atoms with Gasteiger partial charge in [-0.1, -0.05) is 25.1 Å². The van der Waals surface area contributed by atoms with Gasteiger partial charge in [-0.3, -0.25) is 4.79 Å². The van der Waals surface area contributed by atoms with Gasteiger partial charge in [0.2, 0.25) is 5.88 Å². The molecule has 1 rings (SSSR count). The number of halogens is 1. The van der Waals surface area contributed by atoms with Crippen molar-refractivity contribution in [3.63, 3.8) is 0 Å². The monoisotopic (exact) mass is 293 g/mol. The van der Waals surface area contributed by atoms with Gasteiger partial charge in [-0.25, -0.2) is 0 Å². The quantitative estimate of drug-likeness (QED) is 0.614. The first-order valence-electron chi connectivity index (χ1n) is 5.64. The average Bonchev–Trinajstić information content (AvgIpc) is 2.23. The van der Waals surface area contributed by atoms with Crippen molar-refractivity contribution in [2.75, 3.05) is 26.4 Å². The Morgan fingerprint density at radius 1 is 1.44 bits per heavy atom. The predicted molar refractivity (Wildman–Crippen MR) is 77.0 cm³/mol. The summed E-state index contributed by atoms with van der Waals surface area (Å²) in [5.41, 5.74) is 0.149. The second-order valence-electron chi connectivity index (χ2n) is 4.07. The normalized spacial score (nSPS) is 10.4. The number of hydrogen-bond donors (Lipinski definition) is 2. The third kappa shape index (κ3) is 5.29. The largest absolute Gasteiger partial charge is 0.493 e. The lowest BCUT2D eigenvalue weighted by Crippen LogP contribution is -2.17. The molecule has 2 N–H and O–H groups in total. The zero-order chi connectivity index (χ0) is 12.8. The number of aromatic amines is 1. The molecule has 0 bridgehead atoms. The molecule has 0 saturated heterocycles. The van der Waals surface area contributed by atoms with E-state index in [0.717, 1.165) is 18.7 Å². The molecule has 0 fully saturated rings. The highest BCUT2D eigenvalue weighted by Crippen LogP contribution is 2.17. The Hall–Kier alpha value is -0.720. The standard InChI is InChI=1S/C11H19N3O2S.ClH/c1-4-5-8-9(15)12-11(13-10(8)16)17-7-6-14(2)3;/h4-7H2,1-3H3,(H2,12,13,15,16);1H. The van der Waals surface area contributed by atoms with E-state index in [9.17, 15) is 9.90 Å². The smallest absolute Gasteiger partial charge is 0.258 e. The van der Waals surface area contributed by atoms with Crippen molar-refractivity contribution < 1.29 is 5.11 Å². The Kier molecular flexibility index (Phi) is 8.06. The van der Waals surface area contributed by atoms with Crippen molar-refractivity contribution in [2.45, 2.75) is 24.9 Å². The van der Waals surface area contributed by atoms with E-state index in [-0.39, 0.29) is 23.8 Å². The van der Waals surface area contributed by atoms with E-state index >= 15 is 0 Å². The predicted octanol–water partition coefficient (Wildman–Crippen LogP) is 1.50. The number of nitrogens with one attached hydrogen (secondary N) is 1. The molecule has 0 amide bonds. The fourth-order valence-corrected chi connectivity index (χ4v) is 2.30. The number of rotatable bonds is 6. The van der Waals surface area contributed by atoms with Crippen LogP contribution in [0, 0.1) is 0 Å². The van der Waals surface area contributed by atoms with Crippen molar-refractivity contribution in [3.05, 3.63) is 15.9 Å². The highest BCUT2D eigenvalue weighted by atomic mass is 35.5. The molecule has 18 heavy (non-hydrogen) atoms. The maximum Gasteiger partial charge on any atom is 0.258 e. The fourth-order valence-electron chi connectivity index (χ4n) is 1.33. The van der Waals surface area contributed by atoms with Crippen molar-refractivity contribution in [1.82, 2.24) is 14.9 Å². The van der Waals surface area contributed by atoms with Gasteiger partial charge in [-0.2, -0.15) is 4.98 Å². The van der Waals surface area contributed by atoms with Crippen LogP contribution in [0.5, 0.6) is 5.88 Å². The van der Waals surface area contributed by atoms with Gasteiger partial charge < -0.3 is 15.0 Å². The number of aromatic hydroxyl groups is 1. The molecule has 0 saturated carbocycles. The van der Waals surface area contributed by atoms with Crippen molar-refractivity contribution in [1.29, 1.82) is 0 Å². The fraction of sp³-hybridized carbons (Fsp3) is 0.636. The van der Waals surface area contributed by atoms with E-state index in [1.54, 1.807) is 0 Å². The topological polar surface area (TPSA) is 69.2 Å². The Bertz CT molecular complexity index is 423. The van der Waals surface area contributed by atoms with E-state index in [1.165, 1.54) is 11.8 Å². The van der Waals surface area contributed by atoms with Gasteiger partial charge in [0.1, 0.15) is 0 Å². The van der Waals surface area contributed by atoms with Crippen LogP contribution in [0.15, 0.2) is 9.95 Å². The summed E-state index contributed by atoms with van der Waals surface area (Å²) in [6, 6.07) is 0. The number of thioether (sulfide) groups is 1. The molecule has 1 aromatic heterocycles. The Morgan fingerprint density at radius 2 is 2.11 bits per heavy atom. The molecular formula is C11H20ClN3O2S. The Balaban J connectivity index is 0.00000289. The van der Waals surface area contributed by atoms with Crippen LogP contribution >= 0.6 is 24.2 Å². The molecule has 0 spiro atoms. The first kappa shape index (κ1) is 17.3. The number of H-pyrrole nitrogens is 1. The minimum absolute atomic E-state index is 0. The molecule has 0 aliphatic carbocycles. The molecule has 1 aromatic rings. The van der Waals surface area contributed by atoms with Crippen molar-refractivity contribution in [2.24, 2.45) is 0 Å². The summed E-state index contributed by atoms with van der Waals surface area (Å²) < 4.78 is 0. The number of nitrogens with zero attached hydrogens (tertiary/aromatic N) is 2. The summed E-state index contributed by atoms with van der Waals surface area (Å²) >= 11 is 1.44. The van der Waals surface area contributed by atoms with Crippen LogP contribution in [0.2, 0.25) is 0 Å². The van der Waals surface area contributed by atoms with Gasteiger partial charge in [-0.05, 0) is 20.5 Å². The van der Waals surface area contributed by atoms with E-state index in [2.05, 4.69) is 14.9 Å². The summed E-state index contributed by atoms with van der Waals surface area (Å²) in [5, 5.41) is 10.1. The minimum Gasteiger partial charge on any atom is -0.493 e. The zero-order valence-electron chi connectivity index (χ0n) is 10.9. The molecule has 0 aliphatic rings. The van der Waals surface area contributed by atoms with Crippen molar-refractivity contribution in [3.8, 4) is 5.88 Å². The first-order chi connectivity index (χ1) is 8.04. The van der Waals surface area contributed by atoms with E-state index in [1.807, 2.05) is 21.0 Å². The minimum atomic E-state index is -0.230. The van der Waals surface area contributed by atoms with Crippen LogP contribution in [0.1, 0.15) is 18.9 Å². The number of hydrogen-bond acceptors (Lipinski definition) is 5. The van der Waals surface area contributed by atoms with Crippen LogP contribution in [0.25, 0.3) is 0 Å². The third-order valence-corrected chi connectivity index (χ3v) is 3.10. The molecule has 7 heteroatoms. The molecule has 0 atom stereocenters. The SMILES string of the molecule is CCCc1c(O)nc(SCCN(C)C)[nH]c1=O.Cl. The lowest BCUT2D eigenvalue weighted by Gasteiger charge is -2.08. The van der Waals surface area contributed by atoms with Gasteiger partial charge in [-0.15, -0.1) is 12.4 Å². The number of aromatic nitrogens is 2. The molecule has 1 heterocycles. The van der Waals surface area contributed by atoms with Crippen LogP contribution < -0.4 is 5.56 Å². The Labute approximate surface area is 117 Å². The molecule has 104 valence electrons. The first-order valence-corrected chi connectivity index (χ1v) is 6.62. The van der Waals surface area contributed by atoms with Gasteiger partial charge in [0, 0.05) is 12.3 Å². The molecule has 5 nitrogen and oxygen atoms in total. The summed E-state index contributed by atoms with van der Waals surface area (Å²) in [5.74, 6) is 0.686. The van der Waals surface area contributed by atoms with Crippen LogP contribution in [-0.2, 0) is 6.42 Å². The lowest BCUT2D eigenvalue weighted by molar-refractivity contribution is 0.433. The maximum absolute atomic E-state index is 11.7. The second-order valence-corrected chi connectivity index (χ2v) is 5.16. The molecular weight excluding hydrogens is 274 g/mol. The molecule has 0 unspecified atom stereocenters. The molecule has 0 aliphatic heterocycles. The molecule has 0 radical (unpaired) electrons. The van der Waals surface area contributed by atoms with E-state index in [4.69, 9.17) is 0 Å². The van der Waals surface area contributed by atoms with Crippen LogP contribution in [-0.4, -0.2) is 46.4 Å². The second kappa shape index (κ2) is 8.39. The van der Waals surface area contributed by atoms with E-state index < -0.39 is 0 Å². The Morgan fingerprint density at radius 3 is 2.61 bits per heavy atom. The van der Waals surface area contributed by atoms with Gasteiger partial charge >= 0.3 is 0 Å². The van der Waals surface area contributed by atoms with E-state index in [0.29, 0.717) is 17.1 Å². The van der Waals surface area contributed by atoms with Crippen LogP contribution in [0.4, 0.5) is 0 Å². The third-order valence-electron chi connectivity index (χ3n) is 2.25. The molecule has 0 aromatic carbocycles. The lowest BCUT2D eigenvalue weighted by atomic mass is 10.2. The highest BCUT2D eigenvalue weighted by Gasteiger charge is 2.09. The van der Waals surface area contributed by atoms with Gasteiger partial charge in [0.25, 0.3) is 5.56 Å². The summed E-state index contributed by atoms with van der Waals surface area (Å²) in [6.45, 7) is 2.85. The highest BCUT2D eigenvalue weighted by molar-refractivity contribution is 7.99. The van der Waals surface area contributed by atoms with Gasteiger partial charge in [0.15, 0.2) is 5.16 Å². The summed E-state index contributed by atoms with van der Waals surface area (Å²) in [7, 11) is 3.97. The summed E-state index contributed by atoms with van der Waals surface area (Å²) in [6.07, 6.45) is 1.36. The summed E-state index contributed by atoms with van der Waals surface area (Å²) in [4.78, 5) is 20.4. The average molecular weight is 294 g/mol. The zero-order valence-corrected chi connectivity index (χ0v) is 12.5.